The molecule has 2 rings (SSSR count). The fraction of sp³-hybridized carbons (Fsp3) is 0. The lowest BCUT2D eigenvalue weighted by Gasteiger charge is -1.91. The summed E-state index contributed by atoms with van der Waals surface area (Å²) in [4.78, 5) is 14.4. The number of pyridine rings is 1. The van der Waals surface area contributed by atoms with Crippen molar-refractivity contribution in [1.29, 1.82) is 0 Å². The van der Waals surface area contributed by atoms with E-state index in [-0.39, 0.29) is 16.1 Å². The van der Waals surface area contributed by atoms with Crippen LogP contribution in [0.25, 0.3) is 10.9 Å². The number of aromatic nitrogens is 3. The van der Waals surface area contributed by atoms with E-state index in [1.54, 1.807) is 0 Å². The van der Waals surface area contributed by atoms with Gasteiger partial charge in [0.15, 0.2) is 11.0 Å². The van der Waals surface area contributed by atoms with Crippen molar-refractivity contribution in [2.45, 2.75) is 0 Å². The first kappa shape index (κ1) is 7.30. The molecule has 0 bridgehead atoms. The Balaban J connectivity index is 3.02. The van der Waals surface area contributed by atoms with Gasteiger partial charge in [-0.2, -0.15) is 0 Å². The molecule has 2 aromatic heterocycles. The van der Waals surface area contributed by atoms with Crippen LogP contribution in [0.5, 0.6) is 0 Å². The molecule has 0 fully saturated rings. The van der Waals surface area contributed by atoms with Crippen LogP contribution in [0.2, 0.25) is 5.15 Å². The molecule has 0 atom stereocenters. The fourth-order valence-electron chi connectivity index (χ4n) is 0.945. The first-order valence-electron chi connectivity index (χ1n) is 3.10. The van der Waals surface area contributed by atoms with Crippen molar-refractivity contribution in [3.63, 3.8) is 0 Å². The average Bonchev–Trinajstić information content (AvgIpc) is 2.41. The van der Waals surface area contributed by atoms with E-state index in [1.165, 1.54) is 6.20 Å². The first-order valence-corrected chi connectivity index (χ1v) is 3.48. The lowest BCUT2D eigenvalue weighted by atomic mass is 10.3. The predicted octanol–water partition coefficient (Wildman–Crippen LogP) is 1.04. The molecule has 0 unspecified atom stereocenters. The molecule has 0 amide bonds. The molecule has 0 radical (unpaired) electrons. The highest BCUT2D eigenvalue weighted by atomic mass is 35.5. The Morgan fingerprint density at radius 2 is 2.25 bits per heavy atom. The van der Waals surface area contributed by atoms with Gasteiger partial charge in [-0.15, -0.1) is 0 Å². The maximum Gasteiger partial charge on any atom is 0.273 e. The van der Waals surface area contributed by atoms with Crippen molar-refractivity contribution >= 4 is 22.5 Å². The van der Waals surface area contributed by atoms with E-state index in [2.05, 4.69) is 15.2 Å². The van der Waals surface area contributed by atoms with Crippen LogP contribution in [0.1, 0.15) is 0 Å². The Bertz CT molecular complexity index is 489. The van der Waals surface area contributed by atoms with Gasteiger partial charge in [0.1, 0.15) is 5.52 Å². The monoisotopic (exact) mass is 187 g/mol. The second kappa shape index (κ2) is 2.31. The fourth-order valence-corrected chi connectivity index (χ4v) is 1.09. The van der Waals surface area contributed by atoms with Crippen LogP contribution < -0.4 is 5.56 Å². The number of hydrogen-bond donors (Lipinski definition) is 2. The average molecular weight is 188 g/mol. The maximum atomic E-state index is 13.0. The van der Waals surface area contributed by atoms with Crippen LogP contribution in [0, 0.1) is 5.82 Å². The minimum Gasteiger partial charge on any atom is -0.294 e. The molecule has 2 N–H and O–H groups in total. The number of nitrogens with one attached hydrogen (secondary N) is 2. The van der Waals surface area contributed by atoms with Crippen LogP contribution in [0.4, 0.5) is 4.39 Å². The third-order valence-corrected chi connectivity index (χ3v) is 1.79. The van der Waals surface area contributed by atoms with E-state index in [0.717, 1.165) is 0 Å². The second-order valence-electron chi connectivity index (χ2n) is 2.23. The number of hydrogen-bond acceptors (Lipinski definition) is 2. The lowest BCUT2D eigenvalue weighted by Crippen LogP contribution is -1.97. The molecule has 4 nitrogen and oxygen atoms in total. The Kier molecular flexibility index (Phi) is 1.41. The highest BCUT2D eigenvalue weighted by Crippen LogP contribution is 2.16. The van der Waals surface area contributed by atoms with Crippen molar-refractivity contribution < 1.29 is 4.39 Å². The van der Waals surface area contributed by atoms with E-state index < -0.39 is 11.4 Å². The standard InChI is InChI=1S/C6H3ClFN3O/c7-5-3(8)4-2(1-9-5)6(12)11-10-4/h1H,(H2,10,11,12). The van der Waals surface area contributed by atoms with Crippen LogP contribution in [0.15, 0.2) is 11.0 Å². The maximum absolute atomic E-state index is 13.0. The van der Waals surface area contributed by atoms with Crippen molar-refractivity contribution in [1.82, 2.24) is 15.2 Å². The number of fused-ring (bicyclic) bond motifs is 1. The third kappa shape index (κ3) is 0.831. The summed E-state index contributed by atoms with van der Waals surface area (Å²) in [5, 5.41) is 4.50. The number of nitrogens with zero attached hydrogens (tertiary/aromatic N) is 1. The Hall–Kier alpha value is -1.36. The van der Waals surface area contributed by atoms with Crippen LogP contribution in [0.3, 0.4) is 0 Å². The van der Waals surface area contributed by atoms with Gasteiger partial charge in [-0.3, -0.25) is 15.0 Å². The molecule has 0 saturated carbocycles. The molecule has 62 valence electrons. The van der Waals surface area contributed by atoms with Crippen molar-refractivity contribution in [3.05, 3.63) is 27.5 Å². The van der Waals surface area contributed by atoms with Gasteiger partial charge in [-0.25, -0.2) is 9.37 Å². The summed E-state index contributed by atoms with van der Waals surface area (Å²) >= 11 is 5.37. The number of halogens is 2. The van der Waals surface area contributed by atoms with E-state index in [4.69, 9.17) is 11.6 Å². The molecule has 6 heteroatoms. The van der Waals surface area contributed by atoms with Crippen molar-refractivity contribution in [2.75, 3.05) is 0 Å². The molecule has 0 saturated heterocycles. The Labute approximate surface area is 70.4 Å². The first-order chi connectivity index (χ1) is 5.70. The normalized spacial score (nSPS) is 10.8. The number of rotatable bonds is 0. The van der Waals surface area contributed by atoms with Gasteiger partial charge in [0.2, 0.25) is 0 Å². The van der Waals surface area contributed by atoms with Crippen LogP contribution in [-0.4, -0.2) is 15.2 Å². The quantitative estimate of drug-likeness (QED) is 0.606. The molecule has 0 spiro atoms. The van der Waals surface area contributed by atoms with Gasteiger partial charge < -0.3 is 0 Å². The molecule has 2 aromatic rings. The largest absolute Gasteiger partial charge is 0.294 e. The second-order valence-corrected chi connectivity index (χ2v) is 2.59. The van der Waals surface area contributed by atoms with Gasteiger partial charge in [0.25, 0.3) is 5.56 Å². The van der Waals surface area contributed by atoms with E-state index in [1.807, 2.05) is 0 Å². The molecule has 0 aliphatic carbocycles. The van der Waals surface area contributed by atoms with Gasteiger partial charge in [0.05, 0.1) is 5.39 Å². The molecular formula is C6H3ClFN3O. The summed E-state index contributed by atoms with van der Waals surface area (Å²) in [5.41, 5.74) is -0.354. The molecule has 12 heavy (non-hydrogen) atoms. The summed E-state index contributed by atoms with van der Waals surface area (Å²) in [7, 11) is 0. The highest BCUT2D eigenvalue weighted by Gasteiger charge is 2.09. The van der Waals surface area contributed by atoms with Crippen LogP contribution in [-0.2, 0) is 0 Å². The Morgan fingerprint density at radius 3 is 3.00 bits per heavy atom. The van der Waals surface area contributed by atoms with Crippen molar-refractivity contribution in [2.24, 2.45) is 0 Å². The minimum absolute atomic E-state index is 0.0556. The summed E-state index contributed by atoms with van der Waals surface area (Å²) in [6.45, 7) is 0. The lowest BCUT2D eigenvalue weighted by molar-refractivity contribution is 0.631. The molecule has 2 heterocycles. The van der Waals surface area contributed by atoms with E-state index in [0.29, 0.717) is 0 Å². The third-order valence-electron chi connectivity index (χ3n) is 1.52. The van der Waals surface area contributed by atoms with E-state index >= 15 is 0 Å². The predicted molar refractivity (Wildman–Crippen MR) is 41.7 cm³/mol. The summed E-state index contributed by atoms with van der Waals surface area (Å²) < 4.78 is 13.0. The zero-order valence-electron chi connectivity index (χ0n) is 5.69. The topological polar surface area (TPSA) is 61.5 Å². The molecule has 0 aromatic carbocycles. The number of H-pyrrole nitrogens is 2. The van der Waals surface area contributed by atoms with Crippen LogP contribution >= 0.6 is 11.6 Å². The zero-order valence-corrected chi connectivity index (χ0v) is 6.44. The van der Waals surface area contributed by atoms with Gasteiger partial charge in [0, 0.05) is 6.20 Å². The van der Waals surface area contributed by atoms with Gasteiger partial charge >= 0.3 is 0 Å². The summed E-state index contributed by atoms with van der Waals surface area (Å²) in [6.07, 6.45) is 1.22. The molecular weight excluding hydrogens is 185 g/mol. The van der Waals surface area contributed by atoms with E-state index in [9.17, 15) is 9.18 Å². The number of aromatic amines is 2. The molecule has 0 aliphatic heterocycles. The smallest absolute Gasteiger partial charge is 0.273 e. The van der Waals surface area contributed by atoms with Crippen molar-refractivity contribution in [3.8, 4) is 0 Å². The molecule has 0 aliphatic rings. The SMILES string of the molecule is O=c1[nH][nH]c2c(F)c(Cl)ncc12. The summed E-state index contributed by atoms with van der Waals surface area (Å²) in [5.74, 6) is -0.715. The summed E-state index contributed by atoms with van der Waals surface area (Å²) in [6, 6.07) is 0. The van der Waals surface area contributed by atoms with Gasteiger partial charge in [-0.05, 0) is 0 Å². The van der Waals surface area contributed by atoms with Gasteiger partial charge in [-0.1, -0.05) is 11.6 Å². The minimum atomic E-state index is -0.715. The highest BCUT2D eigenvalue weighted by molar-refractivity contribution is 6.30. The Morgan fingerprint density at radius 1 is 1.50 bits per heavy atom. The zero-order chi connectivity index (χ0) is 8.72.